The molecular formula is C24H19F2NO3. The number of Topliss-reactive ketones (excluding diaryl/α,β-unsaturated/α-hetero) is 1. The van der Waals surface area contributed by atoms with Gasteiger partial charge in [-0.3, -0.25) is 9.59 Å². The van der Waals surface area contributed by atoms with Crippen molar-refractivity contribution in [2.24, 2.45) is 0 Å². The van der Waals surface area contributed by atoms with E-state index in [0.717, 1.165) is 5.56 Å². The molecule has 1 aliphatic heterocycles. The molecule has 0 saturated carbocycles. The second-order valence-electron chi connectivity index (χ2n) is 7.28. The summed E-state index contributed by atoms with van der Waals surface area (Å²) in [4.78, 5) is 27.0. The molecule has 0 aliphatic carbocycles. The van der Waals surface area contributed by atoms with Crippen molar-refractivity contribution >= 4 is 11.7 Å². The minimum atomic E-state index is -0.490. The molecule has 30 heavy (non-hydrogen) atoms. The third-order valence-corrected chi connectivity index (χ3v) is 5.41. The second kappa shape index (κ2) is 8.06. The van der Waals surface area contributed by atoms with Gasteiger partial charge in [0.1, 0.15) is 17.4 Å². The number of hydrogen-bond donors (Lipinski definition) is 1. The van der Waals surface area contributed by atoms with E-state index < -0.39 is 11.7 Å². The summed E-state index contributed by atoms with van der Waals surface area (Å²) >= 11 is 0. The van der Waals surface area contributed by atoms with Crippen LogP contribution in [0.25, 0.3) is 0 Å². The lowest BCUT2D eigenvalue weighted by molar-refractivity contribution is -0.150. The predicted octanol–water partition coefficient (Wildman–Crippen LogP) is 4.61. The van der Waals surface area contributed by atoms with Gasteiger partial charge in [0.15, 0.2) is 5.78 Å². The summed E-state index contributed by atoms with van der Waals surface area (Å²) in [5.74, 6) is -1.51. The number of carbonyl (C=O) groups excluding carboxylic acids is 2. The molecule has 1 amide bonds. The summed E-state index contributed by atoms with van der Waals surface area (Å²) in [6, 6.07) is 17.3. The largest absolute Gasteiger partial charge is 0.508 e. The SMILES string of the molecule is O=C(CCN1C(=O)C(c2ccc(F)cc2)C1c1ccc(O)cc1)c1ccc(F)cc1. The Morgan fingerprint density at radius 3 is 1.97 bits per heavy atom. The van der Waals surface area contributed by atoms with E-state index in [1.54, 1.807) is 41.3 Å². The summed E-state index contributed by atoms with van der Waals surface area (Å²) < 4.78 is 26.4. The number of likely N-dealkylation sites (tertiary alicyclic amines) is 1. The van der Waals surface area contributed by atoms with Crippen molar-refractivity contribution in [3.05, 3.63) is 101 Å². The van der Waals surface area contributed by atoms with Crippen molar-refractivity contribution in [2.75, 3.05) is 6.54 Å². The molecule has 1 aliphatic rings. The van der Waals surface area contributed by atoms with Gasteiger partial charge in [-0.2, -0.15) is 0 Å². The summed E-state index contributed by atoms with van der Waals surface area (Å²) in [6.45, 7) is 0.207. The number of phenolic OH excluding ortho intramolecular Hbond substituents is 1. The lowest BCUT2D eigenvalue weighted by Crippen LogP contribution is -2.53. The summed E-state index contributed by atoms with van der Waals surface area (Å²) in [7, 11) is 0. The van der Waals surface area contributed by atoms with Crippen LogP contribution in [-0.2, 0) is 4.79 Å². The van der Waals surface area contributed by atoms with Crippen LogP contribution in [0.3, 0.4) is 0 Å². The van der Waals surface area contributed by atoms with Crippen LogP contribution in [0.1, 0.15) is 39.9 Å². The fourth-order valence-corrected chi connectivity index (χ4v) is 3.84. The zero-order chi connectivity index (χ0) is 21.3. The van der Waals surface area contributed by atoms with Crippen LogP contribution in [0.4, 0.5) is 8.78 Å². The smallest absolute Gasteiger partial charge is 0.233 e. The van der Waals surface area contributed by atoms with Gasteiger partial charge in [0.05, 0.1) is 12.0 Å². The summed E-state index contributed by atoms with van der Waals surface area (Å²) in [6.07, 6.45) is 0.0993. The van der Waals surface area contributed by atoms with Crippen LogP contribution < -0.4 is 0 Å². The number of benzene rings is 3. The molecule has 0 spiro atoms. The van der Waals surface area contributed by atoms with Crippen molar-refractivity contribution in [3.8, 4) is 5.75 Å². The van der Waals surface area contributed by atoms with Crippen LogP contribution in [-0.4, -0.2) is 28.2 Å². The van der Waals surface area contributed by atoms with E-state index in [1.165, 1.54) is 36.4 Å². The maximum atomic E-state index is 13.3. The van der Waals surface area contributed by atoms with Crippen molar-refractivity contribution in [3.63, 3.8) is 0 Å². The Morgan fingerprint density at radius 1 is 0.833 bits per heavy atom. The fourth-order valence-electron chi connectivity index (χ4n) is 3.84. The zero-order valence-corrected chi connectivity index (χ0v) is 16.0. The summed E-state index contributed by atoms with van der Waals surface area (Å²) in [5, 5.41) is 9.59. The average Bonchev–Trinajstić information content (AvgIpc) is 2.74. The molecule has 152 valence electrons. The molecule has 1 N–H and O–H groups in total. The molecule has 2 unspecified atom stereocenters. The Morgan fingerprint density at radius 2 is 1.37 bits per heavy atom. The molecule has 1 fully saturated rings. The Hall–Kier alpha value is -3.54. The van der Waals surface area contributed by atoms with Crippen LogP contribution in [0.2, 0.25) is 0 Å². The number of β-lactam (4-membered cyclic amide) rings is 1. The Balaban J connectivity index is 1.55. The first-order valence-electron chi connectivity index (χ1n) is 9.57. The van der Waals surface area contributed by atoms with Crippen LogP contribution in [0.5, 0.6) is 5.75 Å². The number of aromatic hydroxyl groups is 1. The Bertz CT molecular complexity index is 1060. The quantitative estimate of drug-likeness (QED) is 0.480. The van der Waals surface area contributed by atoms with E-state index in [-0.39, 0.29) is 42.3 Å². The molecule has 3 aromatic carbocycles. The number of halogens is 2. The van der Waals surface area contributed by atoms with E-state index in [0.29, 0.717) is 11.1 Å². The number of amides is 1. The van der Waals surface area contributed by atoms with Crippen LogP contribution in [0.15, 0.2) is 72.8 Å². The average molecular weight is 407 g/mol. The highest BCUT2D eigenvalue weighted by Crippen LogP contribution is 2.46. The molecule has 0 radical (unpaired) electrons. The fraction of sp³-hybridized carbons (Fsp3) is 0.167. The van der Waals surface area contributed by atoms with Gasteiger partial charge in [-0.1, -0.05) is 24.3 Å². The molecule has 0 bridgehead atoms. The Kier molecular flexibility index (Phi) is 5.31. The van der Waals surface area contributed by atoms with Gasteiger partial charge in [0, 0.05) is 18.5 Å². The maximum Gasteiger partial charge on any atom is 0.233 e. The number of hydrogen-bond acceptors (Lipinski definition) is 3. The second-order valence-corrected chi connectivity index (χ2v) is 7.28. The van der Waals surface area contributed by atoms with E-state index in [2.05, 4.69) is 0 Å². The lowest BCUT2D eigenvalue weighted by Gasteiger charge is -2.48. The highest BCUT2D eigenvalue weighted by molar-refractivity contribution is 5.97. The molecule has 4 nitrogen and oxygen atoms in total. The Labute approximate surface area is 172 Å². The van der Waals surface area contributed by atoms with Crippen molar-refractivity contribution in [1.29, 1.82) is 0 Å². The molecule has 2 atom stereocenters. The zero-order valence-electron chi connectivity index (χ0n) is 16.0. The number of ketones is 1. The van der Waals surface area contributed by atoms with Gasteiger partial charge in [0.2, 0.25) is 5.91 Å². The minimum absolute atomic E-state index is 0.0993. The molecule has 6 heteroatoms. The number of rotatable bonds is 6. The van der Waals surface area contributed by atoms with E-state index in [4.69, 9.17) is 0 Å². The van der Waals surface area contributed by atoms with Crippen LogP contribution >= 0.6 is 0 Å². The molecule has 0 aromatic heterocycles. The third kappa shape index (κ3) is 3.81. The van der Waals surface area contributed by atoms with Gasteiger partial charge in [-0.15, -0.1) is 0 Å². The predicted molar refractivity (Wildman–Crippen MR) is 107 cm³/mol. The van der Waals surface area contributed by atoms with Gasteiger partial charge in [-0.25, -0.2) is 8.78 Å². The van der Waals surface area contributed by atoms with E-state index in [1.807, 2.05) is 0 Å². The first kappa shape index (κ1) is 19.8. The lowest BCUT2D eigenvalue weighted by atomic mass is 9.77. The van der Waals surface area contributed by atoms with E-state index >= 15 is 0 Å². The van der Waals surface area contributed by atoms with Crippen molar-refractivity contribution in [1.82, 2.24) is 4.90 Å². The first-order chi connectivity index (χ1) is 14.4. The highest BCUT2D eigenvalue weighted by atomic mass is 19.1. The molecule has 1 heterocycles. The number of nitrogens with zero attached hydrogens (tertiary/aromatic N) is 1. The maximum absolute atomic E-state index is 13.3. The topological polar surface area (TPSA) is 57.6 Å². The van der Waals surface area contributed by atoms with Gasteiger partial charge < -0.3 is 10.0 Å². The minimum Gasteiger partial charge on any atom is -0.508 e. The number of carbonyl (C=O) groups is 2. The van der Waals surface area contributed by atoms with E-state index in [9.17, 15) is 23.5 Å². The van der Waals surface area contributed by atoms with Crippen molar-refractivity contribution < 1.29 is 23.5 Å². The van der Waals surface area contributed by atoms with Gasteiger partial charge in [0.25, 0.3) is 0 Å². The highest BCUT2D eigenvalue weighted by Gasteiger charge is 2.48. The molecule has 4 rings (SSSR count). The normalized spacial score (nSPS) is 18.2. The van der Waals surface area contributed by atoms with Crippen molar-refractivity contribution in [2.45, 2.75) is 18.4 Å². The molecule has 3 aromatic rings. The van der Waals surface area contributed by atoms with Gasteiger partial charge in [-0.05, 0) is 59.7 Å². The standard InChI is InChI=1S/C24H19F2NO3/c25-18-7-1-15(2-8-18)21(29)13-14-27-23(17-5-11-20(28)12-6-17)22(24(27)30)16-3-9-19(26)10-4-16/h1-12,22-23,28H,13-14H2. The van der Waals surface area contributed by atoms with Gasteiger partial charge >= 0.3 is 0 Å². The summed E-state index contributed by atoms with van der Waals surface area (Å²) in [5.41, 5.74) is 1.90. The number of phenols is 1. The first-order valence-corrected chi connectivity index (χ1v) is 9.57. The monoisotopic (exact) mass is 407 g/mol. The molecular weight excluding hydrogens is 388 g/mol. The van der Waals surface area contributed by atoms with Crippen LogP contribution in [0, 0.1) is 11.6 Å². The third-order valence-electron chi connectivity index (χ3n) is 5.41. The molecule has 1 saturated heterocycles.